The highest BCUT2D eigenvalue weighted by Crippen LogP contribution is 2.40. The number of halogens is 3. The van der Waals surface area contributed by atoms with Crippen molar-refractivity contribution in [2.45, 2.75) is 50.4 Å². The lowest BCUT2D eigenvalue weighted by Crippen LogP contribution is -2.52. The van der Waals surface area contributed by atoms with Crippen molar-refractivity contribution >= 4 is 0 Å². The number of benzene rings is 1. The number of aliphatic hydroxyl groups is 1. The molecule has 0 bridgehead atoms. The first-order valence-electron chi connectivity index (χ1n) is 7.98. The Bertz CT molecular complexity index is 531. The lowest BCUT2D eigenvalue weighted by molar-refractivity contribution is -0.137. The number of piperidine rings is 1. The average Bonchev–Trinajstić information content (AvgIpc) is 2.47. The summed E-state index contributed by atoms with van der Waals surface area (Å²) in [5.74, 6) is 0.265. The molecule has 3 rings (SSSR count). The van der Waals surface area contributed by atoms with Crippen molar-refractivity contribution in [2.75, 3.05) is 13.1 Å². The molecule has 0 amide bonds. The predicted molar refractivity (Wildman–Crippen MR) is 78.2 cm³/mol. The minimum Gasteiger partial charge on any atom is -0.390 e. The molecule has 1 aromatic carbocycles. The Morgan fingerprint density at radius 2 is 2.05 bits per heavy atom. The number of rotatable bonds is 2. The second-order valence-electron chi connectivity index (χ2n) is 6.73. The lowest BCUT2D eigenvalue weighted by atomic mass is 9.71. The van der Waals surface area contributed by atoms with Gasteiger partial charge in [0.25, 0.3) is 0 Å². The van der Waals surface area contributed by atoms with Gasteiger partial charge in [0.1, 0.15) is 0 Å². The summed E-state index contributed by atoms with van der Waals surface area (Å²) >= 11 is 0. The van der Waals surface area contributed by atoms with E-state index in [4.69, 9.17) is 0 Å². The van der Waals surface area contributed by atoms with Gasteiger partial charge in [-0.15, -0.1) is 0 Å². The Kier molecular flexibility index (Phi) is 4.21. The van der Waals surface area contributed by atoms with Gasteiger partial charge >= 0.3 is 6.18 Å². The molecule has 1 aromatic rings. The molecule has 0 unspecified atom stereocenters. The van der Waals surface area contributed by atoms with Crippen LogP contribution in [0.4, 0.5) is 13.2 Å². The molecule has 0 aromatic heterocycles. The molecule has 1 aliphatic heterocycles. The first-order chi connectivity index (χ1) is 10.4. The highest BCUT2D eigenvalue weighted by Gasteiger charge is 2.42. The average molecular weight is 313 g/mol. The van der Waals surface area contributed by atoms with E-state index in [1.165, 1.54) is 12.1 Å². The molecule has 2 aliphatic rings. The van der Waals surface area contributed by atoms with Gasteiger partial charge in [0.05, 0.1) is 11.2 Å². The van der Waals surface area contributed by atoms with Gasteiger partial charge in [0, 0.05) is 25.6 Å². The van der Waals surface area contributed by atoms with Crippen LogP contribution in [0.1, 0.15) is 43.2 Å². The van der Waals surface area contributed by atoms with E-state index >= 15 is 0 Å². The fourth-order valence-electron chi connectivity index (χ4n) is 3.89. The van der Waals surface area contributed by atoms with Crippen LogP contribution in [0.2, 0.25) is 0 Å². The van der Waals surface area contributed by atoms with Crippen LogP contribution < -0.4 is 0 Å². The third-order valence-corrected chi connectivity index (χ3v) is 5.17. The summed E-state index contributed by atoms with van der Waals surface area (Å²) in [7, 11) is 0. The lowest BCUT2D eigenvalue weighted by Gasteiger charge is -2.47. The summed E-state index contributed by atoms with van der Waals surface area (Å²) in [6, 6.07) is 5.57. The molecular formula is C17H22F3NO. The minimum atomic E-state index is -4.29. The van der Waals surface area contributed by atoms with E-state index in [9.17, 15) is 18.3 Å². The van der Waals surface area contributed by atoms with Gasteiger partial charge in [0.2, 0.25) is 0 Å². The van der Waals surface area contributed by atoms with Gasteiger partial charge in [-0.1, -0.05) is 31.0 Å². The van der Waals surface area contributed by atoms with Gasteiger partial charge in [-0.2, -0.15) is 13.2 Å². The van der Waals surface area contributed by atoms with Gasteiger partial charge in [0.15, 0.2) is 0 Å². The third-order valence-electron chi connectivity index (χ3n) is 5.17. The molecule has 1 aliphatic carbocycles. The van der Waals surface area contributed by atoms with E-state index < -0.39 is 17.3 Å². The smallest absolute Gasteiger partial charge is 0.390 e. The van der Waals surface area contributed by atoms with Crippen molar-refractivity contribution in [3.63, 3.8) is 0 Å². The zero-order chi connectivity index (χ0) is 15.8. The fourth-order valence-corrected chi connectivity index (χ4v) is 3.89. The third kappa shape index (κ3) is 3.30. The molecule has 1 N–H and O–H groups in total. The van der Waals surface area contributed by atoms with Crippen molar-refractivity contribution in [1.82, 2.24) is 4.90 Å². The van der Waals surface area contributed by atoms with Crippen LogP contribution in [0.3, 0.4) is 0 Å². The van der Waals surface area contributed by atoms with E-state index in [-0.39, 0.29) is 5.92 Å². The summed E-state index contributed by atoms with van der Waals surface area (Å²) in [5.41, 5.74) is -0.435. The van der Waals surface area contributed by atoms with E-state index in [1.54, 1.807) is 6.07 Å². The molecular weight excluding hydrogens is 291 g/mol. The van der Waals surface area contributed by atoms with E-state index in [1.807, 2.05) is 0 Å². The second kappa shape index (κ2) is 5.85. The molecule has 22 heavy (non-hydrogen) atoms. The van der Waals surface area contributed by atoms with Crippen molar-refractivity contribution < 1.29 is 18.3 Å². The Balaban J connectivity index is 1.67. The molecule has 2 atom stereocenters. The maximum atomic E-state index is 12.8. The van der Waals surface area contributed by atoms with Crippen LogP contribution >= 0.6 is 0 Å². The fraction of sp³-hybridized carbons (Fsp3) is 0.647. The molecule has 1 saturated carbocycles. The van der Waals surface area contributed by atoms with E-state index in [2.05, 4.69) is 4.90 Å². The van der Waals surface area contributed by atoms with E-state index in [0.717, 1.165) is 51.3 Å². The van der Waals surface area contributed by atoms with E-state index in [0.29, 0.717) is 12.1 Å². The molecule has 122 valence electrons. The summed E-state index contributed by atoms with van der Waals surface area (Å²) in [6.07, 6.45) is 0.563. The van der Waals surface area contributed by atoms with Crippen molar-refractivity contribution in [3.05, 3.63) is 35.4 Å². The predicted octanol–water partition coefficient (Wildman–Crippen LogP) is 3.83. The largest absolute Gasteiger partial charge is 0.416 e. The van der Waals surface area contributed by atoms with Crippen LogP contribution in [0.15, 0.2) is 24.3 Å². The summed E-state index contributed by atoms with van der Waals surface area (Å²) < 4.78 is 38.3. The number of alkyl halides is 3. The number of hydrogen-bond donors (Lipinski definition) is 1. The topological polar surface area (TPSA) is 23.5 Å². The number of likely N-dealkylation sites (tertiary alicyclic amines) is 1. The quantitative estimate of drug-likeness (QED) is 0.897. The Hall–Kier alpha value is -1.07. The Morgan fingerprint density at radius 3 is 2.82 bits per heavy atom. The standard InChI is InChI=1S/C17H22F3NO/c18-17(19,20)14-6-3-4-13(10-14)11-21-9-8-16(22)7-2-1-5-15(16)12-21/h3-4,6,10,15,22H,1-2,5,7-9,11-12H2/t15-,16-/m0/s1. The normalized spacial score (nSPS) is 30.1. The van der Waals surface area contributed by atoms with Crippen molar-refractivity contribution in [3.8, 4) is 0 Å². The maximum Gasteiger partial charge on any atom is 0.416 e. The molecule has 0 radical (unpaired) electrons. The maximum absolute atomic E-state index is 12.8. The Morgan fingerprint density at radius 1 is 1.23 bits per heavy atom. The Labute approximate surface area is 128 Å². The molecule has 1 saturated heterocycles. The second-order valence-corrected chi connectivity index (χ2v) is 6.73. The highest BCUT2D eigenvalue weighted by molar-refractivity contribution is 5.25. The molecule has 0 spiro atoms. The monoisotopic (exact) mass is 313 g/mol. The van der Waals surface area contributed by atoms with Gasteiger partial charge in [-0.05, 0) is 30.9 Å². The number of nitrogens with zero attached hydrogens (tertiary/aromatic N) is 1. The number of fused-ring (bicyclic) bond motifs is 1. The van der Waals surface area contributed by atoms with Crippen LogP contribution in [0, 0.1) is 5.92 Å². The molecule has 2 nitrogen and oxygen atoms in total. The summed E-state index contributed by atoms with van der Waals surface area (Å²) in [4.78, 5) is 2.18. The van der Waals surface area contributed by atoms with Crippen molar-refractivity contribution in [1.29, 1.82) is 0 Å². The van der Waals surface area contributed by atoms with Gasteiger partial charge in [-0.25, -0.2) is 0 Å². The van der Waals surface area contributed by atoms with Gasteiger partial charge in [-0.3, -0.25) is 4.90 Å². The SMILES string of the molecule is O[C@]12CCCC[C@H]1CN(Cc1cccc(C(F)(F)F)c1)CC2. The zero-order valence-electron chi connectivity index (χ0n) is 12.6. The summed E-state index contributed by atoms with van der Waals surface area (Å²) in [6.45, 7) is 2.06. The first kappa shape index (κ1) is 15.8. The molecule has 1 heterocycles. The van der Waals surface area contributed by atoms with Gasteiger partial charge < -0.3 is 5.11 Å². The number of hydrogen-bond acceptors (Lipinski definition) is 2. The van der Waals surface area contributed by atoms with Crippen LogP contribution in [-0.4, -0.2) is 28.7 Å². The first-order valence-corrected chi connectivity index (χ1v) is 7.98. The zero-order valence-corrected chi connectivity index (χ0v) is 12.6. The van der Waals surface area contributed by atoms with Crippen LogP contribution in [0.5, 0.6) is 0 Å². The van der Waals surface area contributed by atoms with Crippen LogP contribution in [0.25, 0.3) is 0 Å². The van der Waals surface area contributed by atoms with Crippen LogP contribution in [-0.2, 0) is 12.7 Å². The minimum absolute atomic E-state index is 0.265. The highest BCUT2D eigenvalue weighted by atomic mass is 19.4. The summed E-state index contributed by atoms with van der Waals surface area (Å²) in [5, 5.41) is 10.7. The molecule has 2 fully saturated rings. The van der Waals surface area contributed by atoms with Crippen molar-refractivity contribution in [2.24, 2.45) is 5.92 Å². The molecule has 5 heteroatoms.